The molecular formula is C36H36N12O4. The van der Waals surface area contributed by atoms with Crippen LogP contribution in [0.25, 0.3) is 33.4 Å². The van der Waals surface area contributed by atoms with Crippen molar-refractivity contribution in [2.24, 2.45) is 11.8 Å². The van der Waals surface area contributed by atoms with E-state index in [1.54, 1.807) is 12.1 Å². The second kappa shape index (κ2) is 12.8. The Morgan fingerprint density at radius 1 is 0.654 bits per heavy atom. The quantitative estimate of drug-likeness (QED) is 0.255. The summed E-state index contributed by atoms with van der Waals surface area (Å²) in [5, 5.41) is 7.28. The van der Waals surface area contributed by atoms with Crippen molar-refractivity contribution in [1.82, 2.24) is 58.8 Å². The van der Waals surface area contributed by atoms with Crippen LogP contribution >= 0.6 is 0 Å². The third kappa shape index (κ3) is 5.37. The normalized spacial score (nSPS) is 20.9. The van der Waals surface area contributed by atoms with Gasteiger partial charge in [-0.15, -0.1) is 0 Å². The summed E-state index contributed by atoms with van der Waals surface area (Å²) in [5.41, 5.74) is 5.57. The SMILES string of the molecule is C[C@@H]1CCN(C(=O)c2ccno2)C[C@@H]1c1ncc2cnc3[nH]ccc3n12.C[C@H]1CCN(C(=O)c2ccno2)C[C@H]1c1ncc2cnc3[nH]ccc3n12. The number of carbonyl (C=O) groups excluding carboxylic acids is 2. The van der Waals surface area contributed by atoms with E-state index in [2.05, 4.69) is 52.9 Å². The van der Waals surface area contributed by atoms with Gasteiger partial charge in [0.1, 0.15) is 11.6 Å². The van der Waals surface area contributed by atoms with Crippen molar-refractivity contribution in [2.75, 3.05) is 26.2 Å². The number of piperidine rings is 2. The molecule has 0 spiro atoms. The number of nitrogens with zero attached hydrogens (tertiary/aromatic N) is 10. The highest BCUT2D eigenvalue weighted by molar-refractivity contribution is 5.92. The van der Waals surface area contributed by atoms with Gasteiger partial charge >= 0.3 is 0 Å². The van der Waals surface area contributed by atoms with E-state index in [1.165, 1.54) is 12.4 Å². The third-order valence-corrected chi connectivity index (χ3v) is 10.6. The lowest BCUT2D eigenvalue weighted by Crippen LogP contribution is -2.42. The molecule has 10 rings (SSSR count). The van der Waals surface area contributed by atoms with Crippen LogP contribution in [0.3, 0.4) is 0 Å². The Balaban J connectivity index is 0.000000138. The van der Waals surface area contributed by atoms with Gasteiger partial charge in [-0.2, -0.15) is 0 Å². The predicted octanol–water partition coefficient (Wildman–Crippen LogP) is 4.93. The molecule has 10 heterocycles. The molecule has 0 aliphatic carbocycles. The molecule has 16 heteroatoms. The van der Waals surface area contributed by atoms with Gasteiger partial charge in [-0.25, -0.2) is 19.9 Å². The molecule has 2 aliphatic rings. The highest BCUT2D eigenvalue weighted by atomic mass is 16.5. The monoisotopic (exact) mass is 700 g/mol. The standard InChI is InChI=1S/2C18H18N6O2/c2*1-11-4-7-23(18(25)15-3-6-22-26-15)10-13(11)17-21-9-12-8-20-16-14(24(12)17)2-5-19-16/h2*2-3,5-6,8-9,11,13,19H,4,7,10H2,1H3/t2*11-,13+/m10/s1. The molecule has 0 radical (unpaired) electrons. The molecule has 2 saturated heterocycles. The fourth-order valence-corrected chi connectivity index (χ4v) is 7.67. The molecule has 2 aliphatic heterocycles. The number of hydrogen-bond acceptors (Lipinski definition) is 10. The van der Waals surface area contributed by atoms with Gasteiger partial charge in [0.2, 0.25) is 11.5 Å². The smallest absolute Gasteiger partial charge is 0.292 e. The summed E-state index contributed by atoms with van der Waals surface area (Å²) in [7, 11) is 0. The average Bonchev–Trinajstić information content (AvgIpc) is 4.02. The van der Waals surface area contributed by atoms with E-state index in [-0.39, 0.29) is 35.2 Å². The number of likely N-dealkylation sites (tertiary alicyclic amines) is 2. The molecule has 2 amide bonds. The van der Waals surface area contributed by atoms with Gasteiger partial charge in [-0.05, 0) is 36.8 Å². The van der Waals surface area contributed by atoms with Crippen LogP contribution in [0, 0.1) is 11.8 Å². The molecule has 8 aromatic rings. The minimum Gasteiger partial charge on any atom is -0.351 e. The first kappa shape index (κ1) is 31.6. The third-order valence-electron chi connectivity index (χ3n) is 10.6. The summed E-state index contributed by atoms with van der Waals surface area (Å²) < 4.78 is 14.4. The predicted molar refractivity (Wildman–Crippen MR) is 188 cm³/mol. The zero-order valence-corrected chi connectivity index (χ0v) is 28.6. The number of amides is 2. The first-order valence-electron chi connectivity index (χ1n) is 17.4. The Bertz CT molecular complexity index is 2330. The van der Waals surface area contributed by atoms with Crippen molar-refractivity contribution >= 4 is 45.2 Å². The summed E-state index contributed by atoms with van der Waals surface area (Å²) in [6, 6.07) is 7.22. The molecule has 16 nitrogen and oxygen atoms in total. The number of H-pyrrole nitrogens is 2. The maximum absolute atomic E-state index is 12.7. The first-order valence-corrected chi connectivity index (χ1v) is 17.4. The van der Waals surface area contributed by atoms with Crippen LogP contribution in [0.1, 0.15) is 71.3 Å². The zero-order valence-electron chi connectivity index (χ0n) is 28.6. The second-order valence-corrected chi connectivity index (χ2v) is 13.7. The average molecular weight is 701 g/mol. The van der Waals surface area contributed by atoms with Crippen LogP contribution in [0.5, 0.6) is 0 Å². The van der Waals surface area contributed by atoms with Crippen molar-refractivity contribution in [1.29, 1.82) is 0 Å². The number of imidazole rings is 2. The Labute approximate surface area is 295 Å². The second-order valence-electron chi connectivity index (χ2n) is 13.7. The minimum atomic E-state index is -0.117. The Kier molecular flexibility index (Phi) is 7.78. The summed E-state index contributed by atoms with van der Waals surface area (Å²) in [4.78, 5) is 53.5. The van der Waals surface area contributed by atoms with Crippen molar-refractivity contribution < 1.29 is 18.6 Å². The molecule has 2 N–H and O–H groups in total. The van der Waals surface area contributed by atoms with E-state index in [0.29, 0.717) is 38.0 Å². The van der Waals surface area contributed by atoms with E-state index in [0.717, 1.165) is 57.9 Å². The number of fused-ring (bicyclic) bond motifs is 6. The van der Waals surface area contributed by atoms with Crippen LogP contribution in [-0.2, 0) is 0 Å². The molecule has 8 aromatic heterocycles. The first-order chi connectivity index (χ1) is 25.4. The largest absolute Gasteiger partial charge is 0.351 e. The number of hydrogen-bond donors (Lipinski definition) is 2. The molecular weight excluding hydrogens is 664 g/mol. The fourth-order valence-electron chi connectivity index (χ4n) is 7.67. The molecule has 0 unspecified atom stereocenters. The van der Waals surface area contributed by atoms with Crippen LogP contribution < -0.4 is 0 Å². The van der Waals surface area contributed by atoms with Crippen molar-refractivity contribution in [2.45, 2.75) is 38.5 Å². The lowest BCUT2D eigenvalue weighted by molar-refractivity contribution is 0.0617. The van der Waals surface area contributed by atoms with Crippen molar-refractivity contribution in [3.05, 3.63) is 97.0 Å². The highest BCUT2D eigenvalue weighted by Gasteiger charge is 2.35. The van der Waals surface area contributed by atoms with Gasteiger partial charge in [0, 0.05) is 62.5 Å². The molecule has 0 saturated carbocycles. The van der Waals surface area contributed by atoms with Gasteiger partial charge in [0.05, 0.1) is 59.2 Å². The van der Waals surface area contributed by atoms with Gasteiger partial charge in [-0.1, -0.05) is 24.2 Å². The number of rotatable bonds is 4. The maximum Gasteiger partial charge on any atom is 0.292 e. The van der Waals surface area contributed by atoms with Crippen LogP contribution in [0.2, 0.25) is 0 Å². The van der Waals surface area contributed by atoms with Crippen LogP contribution in [0.15, 0.2) is 82.9 Å². The molecule has 264 valence electrons. The zero-order chi connectivity index (χ0) is 35.3. The minimum absolute atomic E-state index is 0.117. The number of aromatic amines is 2. The van der Waals surface area contributed by atoms with Gasteiger partial charge < -0.3 is 28.8 Å². The van der Waals surface area contributed by atoms with Gasteiger partial charge in [0.15, 0.2) is 11.3 Å². The highest BCUT2D eigenvalue weighted by Crippen LogP contribution is 2.35. The molecule has 52 heavy (non-hydrogen) atoms. The Morgan fingerprint density at radius 2 is 1.10 bits per heavy atom. The van der Waals surface area contributed by atoms with Crippen molar-refractivity contribution in [3.8, 4) is 0 Å². The van der Waals surface area contributed by atoms with Crippen LogP contribution in [-0.4, -0.2) is 96.8 Å². The molecule has 4 atom stereocenters. The lowest BCUT2D eigenvalue weighted by Gasteiger charge is -2.36. The number of nitrogens with one attached hydrogen (secondary N) is 2. The van der Waals surface area contributed by atoms with E-state index >= 15 is 0 Å². The van der Waals surface area contributed by atoms with E-state index in [9.17, 15) is 9.59 Å². The topological polar surface area (TPSA) is 185 Å². The fraction of sp³-hybridized carbons (Fsp3) is 0.333. The number of carbonyl (C=O) groups is 2. The molecule has 2 fully saturated rings. The Morgan fingerprint density at radius 3 is 1.52 bits per heavy atom. The summed E-state index contributed by atoms with van der Waals surface area (Å²) in [5.74, 6) is 3.37. The van der Waals surface area contributed by atoms with Crippen molar-refractivity contribution in [3.63, 3.8) is 0 Å². The number of aromatic nitrogens is 10. The maximum atomic E-state index is 12.7. The van der Waals surface area contributed by atoms with Crippen LogP contribution in [0.4, 0.5) is 0 Å². The summed E-state index contributed by atoms with van der Waals surface area (Å²) in [6.07, 6.45) is 15.9. The summed E-state index contributed by atoms with van der Waals surface area (Å²) >= 11 is 0. The van der Waals surface area contributed by atoms with Gasteiger partial charge in [-0.3, -0.25) is 18.4 Å². The van der Waals surface area contributed by atoms with E-state index in [4.69, 9.17) is 19.0 Å². The molecule has 0 bridgehead atoms. The lowest BCUT2D eigenvalue weighted by atomic mass is 9.86. The van der Waals surface area contributed by atoms with E-state index in [1.807, 2.05) is 59.1 Å². The van der Waals surface area contributed by atoms with E-state index < -0.39 is 0 Å². The Hall–Kier alpha value is -6.32. The van der Waals surface area contributed by atoms with Gasteiger partial charge in [0.25, 0.3) is 11.8 Å². The summed E-state index contributed by atoms with van der Waals surface area (Å²) in [6.45, 7) is 7.07. The molecule has 0 aromatic carbocycles.